The third-order valence-electron chi connectivity index (χ3n) is 1.82. The van der Waals surface area contributed by atoms with E-state index >= 15 is 0 Å². The van der Waals surface area contributed by atoms with Crippen LogP contribution in [0, 0.1) is 0 Å². The molecule has 0 aromatic heterocycles. The Morgan fingerprint density at radius 3 is 1.55 bits per heavy atom. The molecule has 0 aromatic carbocycles. The summed E-state index contributed by atoms with van der Waals surface area (Å²) >= 11 is 0. The summed E-state index contributed by atoms with van der Waals surface area (Å²) in [4.78, 5) is 54.7. The molecule has 0 aliphatic rings. The van der Waals surface area contributed by atoms with Crippen molar-refractivity contribution in [2.24, 2.45) is 0 Å². The third kappa shape index (κ3) is 7.04. The topological polar surface area (TPSA) is 124 Å². The predicted octanol–water partition coefficient (Wildman–Crippen LogP) is -0.00210. The fourth-order valence-electron chi connectivity index (χ4n) is 0.996. The molecule has 8 nitrogen and oxygen atoms in total. The number of hydrogen-bond acceptors (Lipinski definition) is 7. The van der Waals surface area contributed by atoms with Crippen molar-refractivity contribution in [3.05, 3.63) is 12.2 Å². The third-order valence-corrected chi connectivity index (χ3v) is 1.82. The molecule has 0 aromatic rings. The number of Topliss-reactive ketones (excluding diaryl/α,β-unsaturated/α-hetero) is 2. The molecule has 0 heterocycles. The van der Waals surface area contributed by atoms with Crippen molar-refractivity contribution >= 4 is 29.5 Å². The van der Waals surface area contributed by atoms with Crippen LogP contribution < -0.4 is 0 Å². The van der Waals surface area contributed by atoms with Crippen LogP contribution >= 0.6 is 0 Å². The lowest BCUT2D eigenvalue weighted by molar-refractivity contribution is -0.182. The van der Waals surface area contributed by atoms with Crippen molar-refractivity contribution in [3.8, 4) is 0 Å². The number of carbonyl (C=O) groups is 5. The first-order valence-corrected chi connectivity index (χ1v) is 5.43. The second-order valence-corrected chi connectivity index (χ2v) is 3.90. The van der Waals surface area contributed by atoms with Crippen LogP contribution in [-0.4, -0.2) is 40.9 Å². The SMILES string of the molecule is C=C(C(=O)O)C(OC(=O)CC(C)=O)OC(=O)CC(C)=O. The lowest BCUT2D eigenvalue weighted by Crippen LogP contribution is -2.30. The summed E-state index contributed by atoms with van der Waals surface area (Å²) in [5.41, 5.74) is -0.709. The maximum absolute atomic E-state index is 11.3. The van der Waals surface area contributed by atoms with Crippen molar-refractivity contribution in [2.75, 3.05) is 0 Å². The second kappa shape index (κ2) is 7.82. The van der Waals surface area contributed by atoms with Gasteiger partial charge in [-0.15, -0.1) is 0 Å². The molecule has 0 amide bonds. The van der Waals surface area contributed by atoms with Crippen LogP contribution in [0.1, 0.15) is 26.7 Å². The summed E-state index contributed by atoms with van der Waals surface area (Å²) < 4.78 is 9.08. The number of esters is 2. The standard InChI is InChI=1S/C12H14O8/c1-6(13)4-9(15)19-12(8(3)11(17)18)20-10(16)5-7(2)14/h12H,3-5H2,1-2H3,(H,17,18). The molecule has 110 valence electrons. The number of ketones is 2. The van der Waals surface area contributed by atoms with Gasteiger partial charge in [-0.2, -0.15) is 0 Å². The number of hydrogen-bond donors (Lipinski definition) is 1. The second-order valence-electron chi connectivity index (χ2n) is 3.90. The highest BCUT2D eigenvalue weighted by Gasteiger charge is 2.27. The Morgan fingerprint density at radius 1 is 0.950 bits per heavy atom. The highest BCUT2D eigenvalue weighted by molar-refractivity contribution is 5.96. The fourth-order valence-corrected chi connectivity index (χ4v) is 0.996. The Morgan fingerprint density at radius 2 is 1.30 bits per heavy atom. The van der Waals surface area contributed by atoms with E-state index in [1.54, 1.807) is 0 Å². The summed E-state index contributed by atoms with van der Waals surface area (Å²) in [6.45, 7) is 5.35. The maximum Gasteiger partial charge on any atom is 0.338 e. The van der Waals surface area contributed by atoms with Gasteiger partial charge in [-0.1, -0.05) is 6.58 Å². The van der Waals surface area contributed by atoms with Crippen LogP contribution in [0.4, 0.5) is 0 Å². The molecule has 20 heavy (non-hydrogen) atoms. The van der Waals surface area contributed by atoms with E-state index in [1.165, 1.54) is 0 Å². The minimum Gasteiger partial charge on any atom is -0.478 e. The van der Waals surface area contributed by atoms with E-state index in [9.17, 15) is 24.0 Å². The smallest absolute Gasteiger partial charge is 0.338 e. The Balaban J connectivity index is 4.82. The molecule has 0 atom stereocenters. The molecule has 0 radical (unpaired) electrons. The molecule has 0 aliphatic heterocycles. The van der Waals surface area contributed by atoms with Crippen molar-refractivity contribution in [1.29, 1.82) is 0 Å². The van der Waals surface area contributed by atoms with Crippen LogP contribution in [0.25, 0.3) is 0 Å². The van der Waals surface area contributed by atoms with Gasteiger partial charge in [0.1, 0.15) is 30.0 Å². The van der Waals surface area contributed by atoms with Gasteiger partial charge in [0.15, 0.2) is 0 Å². The monoisotopic (exact) mass is 286 g/mol. The maximum atomic E-state index is 11.3. The molecular formula is C12H14O8. The summed E-state index contributed by atoms with van der Waals surface area (Å²) in [6.07, 6.45) is -3.09. The number of carboxylic acids is 1. The van der Waals surface area contributed by atoms with Gasteiger partial charge in [-0.25, -0.2) is 4.79 Å². The average molecular weight is 286 g/mol. The van der Waals surface area contributed by atoms with Gasteiger partial charge in [0.2, 0.25) is 0 Å². The number of carboxylic acid groups (broad SMARTS) is 1. The zero-order valence-electron chi connectivity index (χ0n) is 11.0. The highest BCUT2D eigenvalue weighted by Crippen LogP contribution is 2.10. The van der Waals surface area contributed by atoms with E-state index in [0.717, 1.165) is 13.8 Å². The van der Waals surface area contributed by atoms with Crippen molar-refractivity contribution in [3.63, 3.8) is 0 Å². The van der Waals surface area contributed by atoms with Crippen LogP contribution in [0.15, 0.2) is 12.2 Å². The lowest BCUT2D eigenvalue weighted by atomic mass is 10.3. The Bertz CT molecular complexity index is 432. The molecule has 1 N–H and O–H groups in total. The highest BCUT2D eigenvalue weighted by atomic mass is 16.7. The summed E-state index contributed by atoms with van der Waals surface area (Å²) in [6, 6.07) is 0. The van der Waals surface area contributed by atoms with Crippen molar-refractivity contribution in [1.82, 2.24) is 0 Å². The lowest BCUT2D eigenvalue weighted by Gasteiger charge is -2.17. The number of carbonyl (C=O) groups excluding carboxylic acids is 4. The summed E-state index contributed by atoms with van der Waals surface area (Å²) in [5.74, 6) is -4.71. The first kappa shape index (κ1) is 17.5. The van der Waals surface area contributed by atoms with Crippen molar-refractivity contribution in [2.45, 2.75) is 33.0 Å². The predicted molar refractivity (Wildman–Crippen MR) is 63.3 cm³/mol. The van der Waals surface area contributed by atoms with Crippen LogP contribution in [-0.2, 0) is 33.4 Å². The van der Waals surface area contributed by atoms with E-state index in [-0.39, 0.29) is 0 Å². The van der Waals surface area contributed by atoms with Crippen LogP contribution in [0.3, 0.4) is 0 Å². The largest absolute Gasteiger partial charge is 0.478 e. The minimum atomic E-state index is -1.88. The molecular weight excluding hydrogens is 272 g/mol. The van der Waals surface area contributed by atoms with E-state index in [0.29, 0.717) is 0 Å². The molecule has 8 heteroatoms. The Hall–Kier alpha value is -2.51. The summed E-state index contributed by atoms with van der Waals surface area (Å²) in [5, 5.41) is 8.73. The molecule has 0 saturated heterocycles. The van der Waals surface area contributed by atoms with E-state index in [2.05, 4.69) is 16.1 Å². The summed E-state index contributed by atoms with van der Waals surface area (Å²) in [7, 11) is 0. The van der Waals surface area contributed by atoms with Gasteiger partial charge >= 0.3 is 17.9 Å². The number of ether oxygens (including phenoxy) is 2. The van der Waals surface area contributed by atoms with Gasteiger partial charge in [0.05, 0.1) is 0 Å². The number of rotatable bonds is 8. The van der Waals surface area contributed by atoms with Gasteiger partial charge in [-0.3, -0.25) is 19.2 Å². The molecule has 0 spiro atoms. The van der Waals surface area contributed by atoms with Gasteiger partial charge in [0, 0.05) is 0 Å². The molecule has 0 aliphatic carbocycles. The molecule has 0 unspecified atom stereocenters. The first-order valence-electron chi connectivity index (χ1n) is 5.43. The Labute approximate surface area is 114 Å². The number of aliphatic carboxylic acids is 1. The zero-order chi connectivity index (χ0) is 15.9. The molecule has 0 fully saturated rings. The van der Waals surface area contributed by atoms with Gasteiger partial charge < -0.3 is 14.6 Å². The molecule has 0 rings (SSSR count). The first-order chi connectivity index (χ1) is 9.13. The minimum absolute atomic E-state index is 0.509. The van der Waals surface area contributed by atoms with E-state index in [4.69, 9.17) is 5.11 Å². The van der Waals surface area contributed by atoms with E-state index in [1.807, 2.05) is 0 Å². The normalized spacial score (nSPS) is 9.75. The quantitative estimate of drug-likeness (QED) is 0.286. The molecule has 0 bridgehead atoms. The average Bonchev–Trinajstić information content (AvgIpc) is 2.24. The Kier molecular flexibility index (Phi) is 6.84. The van der Waals surface area contributed by atoms with Crippen LogP contribution in [0.5, 0.6) is 0 Å². The van der Waals surface area contributed by atoms with Gasteiger partial charge in [-0.05, 0) is 13.8 Å². The van der Waals surface area contributed by atoms with Crippen LogP contribution in [0.2, 0.25) is 0 Å². The molecule has 0 saturated carbocycles. The van der Waals surface area contributed by atoms with Gasteiger partial charge in [0.25, 0.3) is 6.29 Å². The van der Waals surface area contributed by atoms with E-state index < -0.39 is 54.2 Å². The fraction of sp³-hybridized carbons (Fsp3) is 0.417. The zero-order valence-corrected chi connectivity index (χ0v) is 11.0. The van der Waals surface area contributed by atoms with Crippen molar-refractivity contribution < 1.29 is 38.6 Å².